The Hall–Kier alpha value is -0.610. The van der Waals surface area contributed by atoms with Gasteiger partial charge in [0.2, 0.25) is 5.91 Å². The Morgan fingerprint density at radius 2 is 1.43 bits per heavy atom. The fourth-order valence-electron chi connectivity index (χ4n) is 4.76. The Labute approximate surface area is 142 Å². The largest absolute Gasteiger partial charge is 0.336 e. The van der Waals surface area contributed by atoms with Gasteiger partial charge in [-0.2, -0.15) is 0 Å². The predicted molar refractivity (Wildman–Crippen MR) is 94.5 cm³/mol. The fraction of sp³-hybridized carbons (Fsp3) is 0.947. The zero-order valence-electron chi connectivity index (χ0n) is 14.8. The highest BCUT2D eigenvalue weighted by Gasteiger charge is 2.32. The van der Waals surface area contributed by atoms with Crippen LogP contribution in [0.1, 0.15) is 70.6 Å². The highest BCUT2D eigenvalue weighted by atomic mass is 16.2. The molecule has 1 aliphatic heterocycles. The molecule has 1 saturated heterocycles. The second kappa shape index (κ2) is 9.03. The molecule has 1 amide bonds. The Balaban J connectivity index is 1.63. The SMILES string of the molecule is O=C(CN1CCCNCC1)N(C1CCCCC1)C1CCCCC1. The molecule has 0 unspecified atom stereocenters. The molecule has 0 aromatic carbocycles. The van der Waals surface area contributed by atoms with Crippen molar-refractivity contribution in [2.45, 2.75) is 82.7 Å². The van der Waals surface area contributed by atoms with Gasteiger partial charge in [0.15, 0.2) is 0 Å². The van der Waals surface area contributed by atoms with E-state index in [-0.39, 0.29) is 0 Å². The molecule has 2 aliphatic carbocycles. The van der Waals surface area contributed by atoms with E-state index in [4.69, 9.17) is 0 Å². The summed E-state index contributed by atoms with van der Waals surface area (Å²) in [6.07, 6.45) is 14.1. The van der Waals surface area contributed by atoms with Gasteiger partial charge in [0.25, 0.3) is 0 Å². The van der Waals surface area contributed by atoms with Crippen molar-refractivity contribution in [2.75, 3.05) is 32.7 Å². The first-order chi connectivity index (χ1) is 11.3. The number of rotatable bonds is 4. The molecule has 0 aromatic rings. The van der Waals surface area contributed by atoms with E-state index in [1.165, 1.54) is 70.6 Å². The molecule has 3 fully saturated rings. The molecule has 0 aromatic heterocycles. The Kier molecular flexibility index (Phi) is 6.76. The lowest BCUT2D eigenvalue weighted by atomic mass is 9.88. The van der Waals surface area contributed by atoms with E-state index in [1.807, 2.05) is 0 Å². The zero-order valence-corrected chi connectivity index (χ0v) is 14.8. The van der Waals surface area contributed by atoms with Gasteiger partial charge in [-0.25, -0.2) is 0 Å². The average Bonchev–Trinajstić information content (AvgIpc) is 2.86. The quantitative estimate of drug-likeness (QED) is 0.865. The van der Waals surface area contributed by atoms with E-state index in [1.54, 1.807) is 0 Å². The standard InChI is InChI=1S/C19H35N3O/c23-19(16-21-14-7-12-20-13-15-21)22(17-8-3-1-4-9-17)18-10-5-2-6-11-18/h17-18,20H,1-16H2. The molecule has 3 rings (SSSR count). The molecule has 0 radical (unpaired) electrons. The van der Waals surface area contributed by atoms with Crippen molar-refractivity contribution in [3.05, 3.63) is 0 Å². The van der Waals surface area contributed by atoms with Crippen molar-refractivity contribution in [1.82, 2.24) is 15.1 Å². The predicted octanol–water partition coefficient (Wildman–Crippen LogP) is 2.78. The molecule has 1 heterocycles. The number of carbonyl (C=O) groups excluding carboxylic acids is 1. The monoisotopic (exact) mass is 321 g/mol. The van der Waals surface area contributed by atoms with Gasteiger partial charge >= 0.3 is 0 Å². The Morgan fingerprint density at radius 3 is 2.04 bits per heavy atom. The van der Waals surface area contributed by atoms with Gasteiger partial charge < -0.3 is 10.2 Å². The second-order valence-corrected chi connectivity index (χ2v) is 7.76. The summed E-state index contributed by atoms with van der Waals surface area (Å²) in [4.78, 5) is 17.9. The van der Waals surface area contributed by atoms with Crippen molar-refractivity contribution in [3.63, 3.8) is 0 Å². The molecular formula is C19H35N3O. The van der Waals surface area contributed by atoms with Gasteiger partial charge in [0.1, 0.15) is 0 Å². The molecule has 1 N–H and O–H groups in total. The molecule has 4 heteroatoms. The summed E-state index contributed by atoms with van der Waals surface area (Å²) in [5, 5.41) is 3.44. The van der Waals surface area contributed by atoms with Crippen molar-refractivity contribution in [1.29, 1.82) is 0 Å². The third kappa shape index (κ3) is 4.93. The van der Waals surface area contributed by atoms with E-state index in [0.29, 0.717) is 24.5 Å². The van der Waals surface area contributed by atoms with Crippen molar-refractivity contribution < 1.29 is 4.79 Å². The van der Waals surface area contributed by atoms with E-state index < -0.39 is 0 Å². The molecule has 0 bridgehead atoms. The minimum atomic E-state index is 0.422. The van der Waals surface area contributed by atoms with Crippen LogP contribution in [0.2, 0.25) is 0 Å². The molecule has 132 valence electrons. The number of hydrogen-bond acceptors (Lipinski definition) is 3. The molecule has 3 aliphatic rings. The lowest BCUT2D eigenvalue weighted by Crippen LogP contribution is -2.52. The zero-order chi connectivity index (χ0) is 15.9. The van der Waals surface area contributed by atoms with Gasteiger partial charge in [-0.05, 0) is 45.2 Å². The van der Waals surface area contributed by atoms with Gasteiger partial charge in [0.05, 0.1) is 6.54 Å². The summed E-state index contributed by atoms with van der Waals surface area (Å²) >= 11 is 0. The Morgan fingerprint density at radius 1 is 0.826 bits per heavy atom. The molecule has 0 atom stereocenters. The first-order valence-corrected chi connectivity index (χ1v) is 10.1. The lowest BCUT2D eigenvalue weighted by Gasteiger charge is -2.42. The molecule has 4 nitrogen and oxygen atoms in total. The summed E-state index contributed by atoms with van der Waals surface area (Å²) in [5.41, 5.74) is 0. The van der Waals surface area contributed by atoms with E-state index in [9.17, 15) is 4.79 Å². The molecule has 0 spiro atoms. The number of nitrogens with one attached hydrogen (secondary N) is 1. The van der Waals surface area contributed by atoms with Crippen LogP contribution in [0.15, 0.2) is 0 Å². The number of amides is 1. The number of nitrogens with zero attached hydrogens (tertiary/aromatic N) is 2. The van der Waals surface area contributed by atoms with E-state index >= 15 is 0 Å². The maximum Gasteiger partial charge on any atom is 0.237 e. The summed E-state index contributed by atoms with van der Waals surface area (Å²) < 4.78 is 0. The topological polar surface area (TPSA) is 35.6 Å². The Bertz CT molecular complexity index is 336. The normalized spacial score (nSPS) is 25.9. The van der Waals surface area contributed by atoms with Crippen molar-refractivity contribution in [2.24, 2.45) is 0 Å². The van der Waals surface area contributed by atoms with Crippen LogP contribution in [0.4, 0.5) is 0 Å². The average molecular weight is 322 g/mol. The van der Waals surface area contributed by atoms with Crippen LogP contribution in [0.25, 0.3) is 0 Å². The third-order valence-electron chi connectivity index (χ3n) is 6.02. The van der Waals surface area contributed by atoms with Crippen molar-refractivity contribution >= 4 is 5.91 Å². The summed E-state index contributed by atoms with van der Waals surface area (Å²) in [6, 6.07) is 1.06. The van der Waals surface area contributed by atoms with Crippen LogP contribution in [-0.4, -0.2) is 60.5 Å². The highest BCUT2D eigenvalue weighted by molar-refractivity contribution is 5.79. The first kappa shape index (κ1) is 17.2. The maximum absolute atomic E-state index is 13.2. The maximum atomic E-state index is 13.2. The van der Waals surface area contributed by atoms with E-state index in [2.05, 4.69) is 15.1 Å². The minimum absolute atomic E-state index is 0.422. The number of hydrogen-bond donors (Lipinski definition) is 1. The minimum Gasteiger partial charge on any atom is -0.336 e. The third-order valence-corrected chi connectivity index (χ3v) is 6.02. The smallest absolute Gasteiger partial charge is 0.237 e. The first-order valence-electron chi connectivity index (χ1n) is 10.1. The molecule has 23 heavy (non-hydrogen) atoms. The van der Waals surface area contributed by atoms with Gasteiger partial charge in [-0.1, -0.05) is 38.5 Å². The fourth-order valence-corrected chi connectivity index (χ4v) is 4.76. The van der Waals surface area contributed by atoms with Gasteiger partial charge in [-0.15, -0.1) is 0 Å². The highest BCUT2D eigenvalue weighted by Crippen LogP contribution is 2.30. The van der Waals surface area contributed by atoms with Crippen LogP contribution in [-0.2, 0) is 4.79 Å². The summed E-state index contributed by atoms with van der Waals surface area (Å²) in [5.74, 6) is 0.422. The van der Waals surface area contributed by atoms with Crippen LogP contribution in [0.5, 0.6) is 0 Å². The molecular weight excluding hydrogens is 286 g/mol. The van der Waals surface area contributed by atoms with Crippen LogP contribution in [0, 0.1) is 0 Å². The summed E-state index contributed by atoms with van der Waals surface area (Å²) in [6.45, 7) is 4.87. The molecule has 2 saturated carbocycles. The number of carbonyl (C=O) groups is 1. The van der Waals surface area contributed by atoms with Gasteiger partial charge in [-0.3, -0.25) is 9.69 Å². The van der Waals surface area contributed by atoms with Crippen LogP contribution in [0.3, 0.4) is 0 Å². The second-order valence-electron chi connectivity index (χ2n) is 7.76. The lowest BCUT2D eigenvalue weighted by molar-refractivity contribution is -0.139. The summed E-state index contributed by atoms with van der Waals surface area (Å²) in [7, 11) is 0. The van der Waals surface area contributed by atoms with Gasteiger partial charge in [0, 0.05) is 25.2 Å². The van der Waals surface area contributed by atoms with Crippen LogP contribution >= 0.6 is 0 Å². The van der Waals surface area contributed by atoms with Crippen molar-refractivity contribution in [3.8, 4) is 0 Å². The van der Waals surface area contributed by atoms with Crippen LogP contribution < -0.4 is 5.32 Å². The van der Waals surface area contributed by atoms with E-state index in [0.717, 1.165) is 26.2 Å².